The summed E-state index contributed by atoms with van der Waals surface area (Å²) in [7, 11) is 1.72. The summed E-state index contributed by atoms with van der Waals surface area (Å²) in [6, 6.07) is 6.45. The Hall–Kier alpha value is -0.330. The molecule has 0 amide bonds. The van der Waals surface area contributed by atoms with Gasteiger partial charge in [-0.3, -0.25) is 4.90 Å². The number of nitrogens with zero attached hydrogens (tertiary/aromatic N) is 1. The average molecular weight is 361 g/mol. The topological polar surface area (TPSA) is 21.7 Å². The number of halogens is 1. The molecule has 0 aromatic heterocycles. The van der Waals surface area contributed by atoms with Crippen LogP contribution >= 0.6 is 22.6 Å². The number of morpholine rings is 1. The van der Waals surface area contributed by atoms with Crippen LogP contribution in [0.5, 0.6) is 5.75 Å². The Balaban J connectivity index is 1.77. The first-order valence-electron chi connectivity index (χ1n) is 6.42. The first-order valence-corrected chi connectivity index (χ1v) is 7.50. The molecule has 1 fully saturated rings. The number of methoxy groups -OCH3 is 1. The molecule has 1 saturated heterocycles. The molecule has 0 atom stereocenters. The minimum absolute atomic E-state index is 0.889. The van der Waals surface area contributed by atoms with Crippen molar-refractivity contribution in [2.45, 2.75) is 12.8 Å². The van der Waals surface area contributed by atoms with Gasteiger partial charge in [0.2, 0.25) is 0 Å². The van der Waals surface area contributed by atoms with Gasteiger partial charge in [0, 0.05) is 13.1 Å². The molecule has 0 aliphatic carbocycles. The van der Waals surface area contributed by atoms with E-state index in [2.05, 4.69) is 45.7 Å². The molecule has 0 saturated carbocycles. The molecule has 18 heavy (non-hydrogen) atoms. The van der Waals surface area contributed by atoms with Crippen molar-refractivity contribution in [2.24, 2.45) is 0 Å². The summed E-state index contributed by atoms with van der Waals surface area (Å²) in [4.78, 5) is 2.48. The fourth-order valence-corrected chi connectivity index (χ4v) is 3.00. The van der Waals surface area contributed by atoms with Gasteiger partial charge in [-0.25, -0.2) is 0 Å². The lowest BCUT2D eigenvalue weighted by Gasteiger charge is -2.26. The van der Waals surface area contributed by atoms with Gasteiger partial charge in [0.05, 0.1) is 23.9 Å². The van der Waals surface area contributed by atoms with Gasteiger partial charge in [-0.2, -0.15) is 0 Å². The fraction of sp³-hybridized carbons (Fsp3) is 0.571. The van der Waals surface area contributed by atoms with E-state index in [0.29, 0.717) is 0 Å². The Morgan fingerprint density at radius 2 is 2.11 bits per heavy atom. The van der Waals surface area contributed by atoms with E-state index in [1.165, 1.54) is 22.1 Å². The zero-order valence-electron chi connectivity index (χ0n) is 10.8. The predicted octanol–water partition coefficient (Wildman–Crippen LogP) is 2.56. The maximum Gasteiger partial charge on any atom is 0.132 e. The highest BCUT2D eigenvalue weighted by Gasteiger charge is 2.09. The highest BCUT2D eigenvalue weighted by atomic mass is 127. The normalized spacial score (nSPS) is 16.8. The van der Waals surface area contributed by atoms with Crippen molar-refractivity contribution in [3.63, 3.8) is 0 Å². The molecule has 2 rings (SSSR count). The maximum atomic E-state index is 5.35. The zero-order chi connectivity index (χ0) is 12.8. The van der Waals surface area contributed by atoms with E-state index in [0.717, 1.165) is 38.5 Å². The minimum Gasteiger partial charge on any atom is -0.496 e. The van der Waals surface area contributed by atoms with Gasteiger partial charge < -0.3 is 9.47 Å². The molecule has 1 aliphatic rings. The Morgan fingerprint density at radius 3 is 2.78 bits per heavy atom. The van der Waals surface area contributed by atoms with Crippen molar-refractivity contribution in [1.82, 2.24) is 4.90 Å². The Labute approximate surface area is 123 Å². The van der Waals surface area contributed by atoms with E-state index in [1.54, 1.807) is 7.11 Å². The third-order valence-corrected chi connectivity index (χ3v) is 4.10. The minimum atomic E-state index is 0.889. The lowest BCUT2D eigenvalue weighted by molar-refractivity contribution is 0.0374. The zero-order valence-corrected chi connectivity index (χ0v) is 13.0. The van der Waals surface area contributed by atoms with E-state index >= 15 is 0 Å². The number of hydrogen-bond acceptors (Lipinski definition) is 3. The molecule has 0 bridgehead atoms. The molecule has 100 valence electrons. The third-order valence-electron chi connectivity index (χ3n) is 3.26. The quantitative estimate of drug-likeness (QED) is 0.753. The van der Waals surface area contributed by atoms with E-state index in [9.17, 15) is 0 Å². The van der Waals surface area contributed by atoms with Crippen LogP contribution < -0.4 is 4.74 Å². The van der Waals surface area contributed by atoms with Crippen molar-refractivity contribution in [2.75, 3.05) is 40.0 Å². The molecular formula is C14H20INO2. The first kappa shape index (κ1) is 14.1. The first-order chi connectivity index (χ1) is 8.79. The summed E-state index contributed by atoms with van der Waals surface area (Å²) >= 11 is 2.33. The van der Waals surface area contributed by atoms with Crippen LogP contribution in [-0.2, 0) is 11.2 Å². The predicted molar refractivity (Wildman–Crippen MR) is 81.3 cm³/mol. The Kier molecular flexibility index (Phi) is 5.72. The SMILES string of the molecule is COc1ccc(CCCN2CCOCC2)cc1I. The van der Waals surface area contributed by atoms with Crippen LogP contribution in [0.4, 0.5) is 0 Å². The molecule has 1 aromatic carbocycles. The summed E-state index contributed by atoms with van der Waals surface area (Å²) in [5.41, 5.74) is 1.40. The molecule has 1 aromatic rings. The van der Waals surface area contributed by atoms with Gasteiger partial charge in [-0.1, -0.05) is 6.07 Å². The van der Waals surface area contributed by atoms with Crippen LogP contribution in [0, 0.1) is 3.57 Å². The molecule has 0 radical (unpaired) electrons. The van der Waals surface area contributed by atoms with E-state index in [1.807, 2.05) is 0 Å². The second-order valence-corrected chi connectivity index (χ2v) is 5.69. The van der Waals surface area contributed by atoms with Crippen LogP contribution in [0.2, 0.25) is 0 Å². The van der Waals surface area contributed by atoms with E-state index in [4.69, 9.17) is 9.47 Å². The van der Waals surface area contributed by atoms with Crippen LogP contribution in [0.3, 0.4) is 0 Å². The number of benzene rings is 1. The second kappa shape index (κ2) is 7.31. The van der Waals surface area contributed by atoms with E-state index < -0.39 is 0 Å². The summed E-state index contributed by atoms with van der Waals surface area (Å²) < 4.78 is 11.8. The smallest absolute Gasteiger partial charge is 0.132 e. The summed E-state index contributed by atoms with van der Waals surface area (Å²) in [5, 5.41) is 0. The van der Waals surface area contributed by atoms with Gasteiger partial charge in [0.1, 0.15) is 5.75 Å². The van der Waals surface area contributed by atoms with Gasteiger partial charge >= 0.3 is 0 Å². The standard InChI is InChI=1S/C14H20INO2/c1-17-14-5-4-12(11-13(14)15)3-2-6-16-7-9-18-10-8-16/h4-5,11H,2-3,6-10H2,1H3. The van der Waals surface area contributed by atoms with E-state index in [-0.39, 0.29) is 0 Å². The average Bonchev–Trinajstić information content (AvgIpc) is 2.40. The molecule has 0 unspecified atom stereocenters. The maximum absolute atomic E-state index is 5.35. The number of hydrogen-bond donors (Lipinski definition) is 0. The number of ether oxygens (including phenoxy) is 2. The molecule has 0 N–H and O–H groups in total. The van der Waals surface area contributed by atoms with Gasteiger partial charge in [0.25, 0.3) is 0 Å². The van der Waals surface area contributed by atoms with Crippen LogP contribution in [0.15, 0.2) is 18.2 Å². The van der Waals surface area contributed by atoms with Gasteiger partial charge in [-0.15, -0.1) is 0 Å². The monoisotopic (exact) mass is 361 g/mol. The van der Waals surface area contributed by atoms with Crippen LogP contribution in [0.1, 0.15) is 12.0 Å². The lowest BCUT2D eigenvalue weighted by atomic mass is 10.1. The molecule has 3 nitrogen and oxygen atoms in total. The molecular weight excluding hydrogens is 341 g/mol. The highest BCUT2D eigenvalue weighted by Crippen LogP contribution is 2.22. The van der Waals surface area contributed by atoms with Crippen molar-refractivity contribution >= 4 is 22.6 Å². The number of aryl methyl sites for hydroxylation is 1. The molecule has 1 heterocycles. The highest BCUT2D eigenvalue weighted by molar-refractivity contribution is 14.1. The van der Waals surface area contributed by atoms with Crippen molar-refractivity contribution in [3.8, 4) is 5.75 Å². The van der Waals surface area contributed by atoms with Crippen molar-refractivity contribution in [3.05, 3.63) is 27.3 Å². The lowest BCUT2D eigenvalue weighted by Crippen LogP contribution is -2.36. The molecule has 0 spiro atoms. The molecule has 1 aliphatic heterocycles. The largest absolute Gasteiger partial charge is 0.496 e. The summed E-state index contributed by atoms with van der Waals surface area (Å²) in [6.45, 7) is 5.12. The van der Waals surface area contributed by atoms with Gasteiger partial charge in [-0.05, 0) is 59.7 Å². The third kappa shape index (κ3) is 4.10. The molecule has 4 heteroatoms. The van der Waals surface area contributed by atoms with Crippen LogP contribution in [0.25, 0.3) is 0 Å². The van der Waals surface area contributed by atoms with Crippen molar-refractivity contribution < 1.29 is 9.47 Å². The Bertz CT molecular complexity index is 378. The summed E-state index contributed by atoms with van der Waals surface area (Å²) in [6.07, 6.45) is 2.35. The second-order valence-electron chi connectivity index (χ2n) is 4.53. The van der Waals surface area contributed by atoms with Crippen molar-refractivity contribution in [1.29, 1.82) is 0 Å². The Morgan fingerprint density at radius 1 is 1.33 bits per heavy atom. The van der Waals surface area contributed by atoms with Gasteiger partial charge in [0.15, 0.2) is 0 Å². The van der Waals surface area contributed by atoms with Crippen LogP contribution in [-0.4, -0.2) is 44.9 Å². The fourth-order valence-electron chi connectivity index (χ4n) is 2.20. The number of rotatable bonds is 5. The summed E-state index contributed by atoms with van der Waals surface area (Å²) in [5.74, 6) is 0.965.